The van der Waals surface area contributed by atoms with Crippen molar-refractivity contribution in [3.63, 3.8) is 0 Å². The first-order valence-corrected chi connectivity index (χ1v) is 8.28. The Bertz CT molecular complexity index is 593. The lowest BCUT2D eigenvalue weighted by atomic mass is 9.96. The van der Waals surface area contributed by atoms with Crippen molar-refractivity contribution in [3.05, 3.63) is 35.4 Å². The molecule has 0 saturated carbocycles. The van der Waals surface area contributed by atoms with Crippen LogP contribution in [-0.4, -0.2) is 40.9 Å². The van der Waals surface area contributed by atoms with Gasteiger partial charge in [0, 0.05) is 12.5 Å². The average Bonchev–Trinajstić information content (AvgIpc) is 2.84. The van der Waals surface area contributed by atoms with Crippen molar-refractivity contribution in [1.29, 1.82) is 0 Å². The van der Waals surface area contributed by atoms with Gasteiger partial charge in [-0.1, -0.05) is 12.1 Å². The number of ether oxygens (including phenoxy) is 1. The Morgan fingerprint density at radius 1 is 1.20 bits per heavy atom. The predicted molar refractivity (Wildman–Crippen MR) is 87.1 cm³/mol. The molecule has 0 spiro atoms. The van der Waals surface area contributed by atoms with Crippen LogP contribution in [-0.2, 0) is 17.3 Å². The quantitative estimate of drug-likeness (QED) is 0.891. The van der Waals surface area contributed by atoms with Gasteiger partial charge in [0.2, 0.25) is 0 Å². The molecule has 0 radical (unpaired) electrons. The number of nitrogens with zero attached hydrogens (tertiary/aromatic N) is 1. The molecule has 1 aliphatic heterocycles. The predicted octanol–water partition coefficient (Wildman–Crippen LogP) is 3.87. The number of alkyl halides is 3. The second kappa shape index (κ2) is 7.23. The van der Waals surface area contributed by atoms with Gasteiger partial charge < -0.3 is 14.7 Å². The molecule has 7 heteroatoms. The summed E-state index contributed by atoms with van der Waals surface area (Å²) in [7, 11) is 0. The topological polar surface area (TPSA) is 49.8 Å². The van der Waals surface area contributed by atoms with Crippen LogP contribution >= 0.6 is 0 Å². The molecule has 1 aromatic carbocycles. The van der Waals surface area contributed by atoms with E-state index in [-0.39, 0.29) is 12.5 Å². The van der Waals surface area contributed by atoms with E-state index in [9.17, 15) is 23.1 Å². The maximum Gasteiger partial charge on any atom is 0.416 e. The number of aliphatic hydroxyl groups excluding tert-OH is 1. The molecule has 25 heavy (non-hydrogen) atoms. The van der Waals surface area contributed by atoms with Crippen molar-refractivity contribution < 1.29 is 27.8 Å². The highest BCUT2D eigenvalue weighted by Crippen LogP contribution is 2.30. The van der Waals surface area contributed by atoms with Crippen molar-refractivity contribution in [3.8, 4) is 0 Å². The zero-order valence-electron chi connectivity index (χ0n) is 14.6. The fraction of sp³-hybridized carbons (Fsp3) is 0.611. The highest BCUT2D eigenvalue weighted by molar-refractivity contribution is 5.68. The molecule has 0 aliphatic carbocycles. The molecular formula is C18H24F3NO3. The molecule has 2 atom stereocenters. The average molecular weight is 359 g/mol. The van der Waals surface area contributed by atoms with Gasteiger partial charge >= 0.3 is 12.3 Å². The second-order valence-electron chi connectivity index (χ2n) is 7.45. The van der Waals surface area contributed by atoms with E-state index >= 15 is 0 Å². The van der Waals surface area contributed by atoms with Crippen LogP contribution in [0.25, 0.3) is 0 Å². The molecule has 1 amide bonds. The highest BCUT2D eigenvalue weighted by atomic mass is 19.4. The zero-order chi connectivity index (χ0) is 18.8. The van der Waals surface area contributed by atoms with Crippen LogP contribution in [0.5, 0.6) is 0 Å². The molecular weight excluding hydrogens is 335 g/mol. The van der Waals surface area contributed by atoms with E-state index in [0.29, 0.717) is 19.4 Å². The van der Waals surface area contributed by atoms with E-state index < -0.39 is 29.5 Å². The van der Waals surface area contributed by atoms with Gasteiger partial charge in [-0.3, -0.25) is 0 Å². The van der Waals surface area contributed by atoms with Crippen LogP contribution in [0, 0.1) is 5.92 Å². The Morgan fingerprint density at radius 3 is 2.32 bits per heavy atom. The fourth-order valence-corrected chi connectivity index (χ4v) is 2.83. The van der Waals surface area contributed by atoms with Crippen LogP contribution in [0.15, 0.2) is 24.3 Å². The lowest BCUT2D eigenvalue weighted by Crippen LogP contribution is -2.35. The van der Waals surface area contributed by atoms with Gasteiger partial charge in [0.1, 0.15) is 5.60 Å². The number of β-amino-alcohol motifs (C(OH)–C–C–N with tert-alkyl or cyclic N) is 1. The number of halogens is 3. The van der Waals surface area contributed by atoms with Crippen molar-refractivity contribution in [2.24, 2.45) is 5.92 Å². The van der Waals surface area contributed by atoms with Crippen molar-refractivity contribution in [2.75, 3.05) is 13.1 Å². The van der Waals surface area contributed by atoms with E-state index in [0.717, 1.165) is 17.7 Å². The monoisotopic (exact) mass is 359 g/mol. The first kappa shape index (κ1) is 19.6. The minimum atomic E-state index is -4.34. The van der Waals surface area contributed by atoms with Gasteiger partial charge in [0.15, 0.2) is 0 Å². The third-order valence-corrected chi connectivity index (χ3v) is 4.14. The summed E-state index contributed by atoms with van der Waals surface area (Å²) in [6.45, 7) is 5.93. The summed E-state index contributed by atoms with van der Waals surface area (Å²) in [5.74, 6) is -0.116. The molecule has 2 rings (SSSR count). The number of rotatable bonds is 3. The van der Waals surface area contributed by atoms with Crippen molar-refractivity contribution in [1.82, 2.24) is 4.90 Å². The third kappa shape index (κ3) is 5.63. The summed E-state index contributed by atoms with van der Waals surface area (Å²) in [4.78, 5) is 13.5. The van der Waals surface area contributed by atoms with Gasteiger partial charge in [-0.15, -0.1) is 0 Å². The summed E-state index contributed by atoms with van der Waals surface area (Å²) >= 11 is 0. The molecule has 0 unspecified atom stereocenters. The number of carbonyl (C=O) groups excluding carboxylic acids is 1. The van der Waals surface area contributed by atoms with Crippen LogP contribution in [0.1, 0.15) is 38.3 Å². The van der Waals surface area contributed by atoms with E-state index in [1.807, 2.05) is 0 Å². The minimum absolute atomic E-state index is 0.116. The molecule has 0 bridgehead atoms. The number of likely N-dealkylation sites (tertiary alicyclic amines) is 1. The molecule has 1 heterocycles. The Kier molecular flexibility index (Phi) is 5.66. The summed E-state index contributed by atoms with van der Waals surface area (Å²) in [6, 6.07) is 5.03. The molecule has 4 nitrogen and oxygen atoms in total. The standard InChI is InChI=1S/C18H24F3NO3/c1-17(2,3)25-16(24)22-10-13(15(23)11-22)7-4-12-5-8-14(9-6-12)18(19,20)21/h5-6,8-9,13,15,23H,4,7,10-11H2,1-3H3/t13-,15-/m1/s1. The zero-order valence-corrected chi connectivity index (χ0v) is 14.6. The van der Waals surface area contributed by atoms with E-state index in [1.54, 1.807) is 20.8 Å². The summed E-state index contributed by atoms with van der Waals surface area (Å²) < 4.78 is 43.0. The van der Waals surface area contributed by atoms with Crippen molar-refractivity contribution >= 4 is 6.09 Å². The number of hydrogen-bond donors (Lipinski definition) is 1. The Hall–Kier alpha value is -1.76. The lowest BCUT2D eigenvalue weighted by molar-refractivity contribution is -0.137. The third-order valence-electron chi connectivity index (χ3n) is 4.14. The first-order chi connectivity index (χ1) is 11.5. The lowest BCUT2D eigenvalue weighted by Gasteiger charge is -2.24. The number of aliphatic hydroxyl groups is 1. The minimum Gasteiger partial charge on any atom is -0.444 e. The van der Waals surface area contributed by atoms with Crippen LogP contribution in [0.3, 0.4) is 0 Å². The summed E-state index contributed by atoms with van der Waals surface area (Å²) in [6.07, 6.45) is -4.31. The Labute approximate surface area is 145 Å². The Morgan fingerprint density at radius 2 is 1.80 bits per heavy atom. The number of aryl methyl sites for hydroxylation is 1. The van der Waals surface area contributed by atoms with Crippen molar-refractivity contribution in [2.45, 2.75) is 51.5 Å². The van der Waals surface area contributed by atoms with E-state index in [4.69, 9.17) is 4.74 Å². The Balaban J connectivity index is 1.88. The highest BCUT2D eigenvalue weighted by Gasteiger charge is 2.36. The normalized spacial score (nSPS) is 21.5. The molecule has 1 saturated heterocycles. The van der Waals surface area contributed by atoms with Gasteiger partial charge in [-0.2, -0.15) is 13.2 Å². The maximum atomic E-state index is 12.6. The maximum absolute atomic E-state index is 12.6. The SMILES string of the molecule is CC(C)(C)OC(=O)N1C[C@@H](CCc2ccc(C(F)(F)F)cc2)[C@H](O)C1. The van der Waals surface area contributed by atoms with Gasteiger partial charge in [0.05, 0.1) is 18.2 Å². The number of amides is 1. The summed E-state index contributed by atoms with van der Waals surface area (Å²) in [5.41, 5.74) is -0.496. The molecule has 1 N–H and O–H groups in total. The van der Waals surface area contributed by atoms with E-state index in [2.05, 4.69) is 0 Å². The van der Waals surface area contributed by atoms with Crippen LogP contribution in [0.2, 0.25) is 0 Å². The summed E-state index contributed by atoms with van der Waals surface area (Å²) in [5, 5.41) is 10.1. The van der Waals surface area contributed by atoms with Gasteiger partial charge in [-0.25, -0.2) is 4.79 Å². The number of hydrogen-bond acceptors (Lipinski definition) is 3. The first-order valence-electron chi connectivity index (χ1n) is 8.28. The number of benzene rings is 1. The largest absolute Gasteiger partial charge is 0.444 e. The molecule has 1 aliphatic rings. The van der Waals surface area contributed by atoms with Gasteiger partial charge in [0.25, 0.3) is 0 Å². The molecule has 0 aromatic heterocycles. The number of carbonyl (C=O) groups is 1. The molecule has 1 aromatic rings. The molecule has 140 valence electrons. The smallest absolute Gasteiger partial charge is 0.416 e. The second-order valence-corrected chi connectivity index (χ2v) is 7.45. The molecule has 1 fully saturated rings. The fourth-order valence-electron chi connectivity index (χ4n) is 2.83. The van der Waals surface area contributed by atoms with Crippen LogP contribution < -0.4 is 0 Å². The van der Waals surface area contributed by atoms with Gasteiger partial charge in [-0.05, 0) is 51.3 Å². The van der Waals surface area contributed by atoms with E-state index in [1.165, 1.54) is 17.0 Å². The van der Waals surface area contributed by atoms with Crippen LogP contribution in [0.4, 0.5) is 18.0 Å².